The summed E-state index contributed by atoms with van der Waals surface area (Å²) in [6.45, 7) is 1.79. The van der Waals surface area contributed by atoms with E-state index >= 15 is 0 Å². The van der Waals surface area contributed by atoms with Crippen molar-refractivity contribution in [1.82, 2.24) is 4.31 Å². The number of hydrogen-bond donors (Lipinski definition) is 1. The molecule has 6 heteroatoms. The molecule has 0 aromatic heterocycles. The van der Waals surface area contributed by atoms with E-state index in [0.29, 0.717) is 31.3 Å². The minimum absolute atomic E-state index is 0.250. The molecule has 0 radical (unpaired) electrons. The lowest BCUT2D eigenvalue weighted by molar-refractivity contribution is 0.265. The Labute approximate surface area is 120 Å². The summed E-state index contributed by atoms with van der Waals surface area (Å²) in [5, 5.41) is 0. The van der Waals surface area contributed by atoms with E-state index in [1.54, 1.807) is 28.6 Å². The average Bonchev–Trinajstić information content (AvgIpc) is 2.48. The van der Waals surface area contributed by atoms with E-state index in [9.17, 15) is 8.42 Å². The summed E-state index contributed by atoms with van der Waals surface area (Å²) in [5.74, 6) is 0.945. The first-order valence-electron chi connectivity index (χ1n) is 6.93. The third-order valence-electron chi connectivity index (χ3n) is 3.84. The highest BCUT2D eigenvalue weighted by molar-refractivity contribution is 7.89. The van der Waals surface area contributed by atoms with Gasteiger partial charge in [-0.1, -0.05) is 12.1 Å². The van der Waals surface area contributed by atoms with Crippen LogP contribution in [0.25, 0.3) is 0 Å². The maximum absolute atomic E-state index is 12.7. The summed E-state index contributed by atoms with van der Waals surface area (Å²) < 4.78 is 32.0. The van der Waals surface area contributed by atoms with Crippen molar-refractivity contribution in [3.63, 3.8) is 0 Å². The molecule has 0 spiro atoms. The lowest BCUT2D eigenvalue weighted by Gasteiger charge is -2.31. The Morgan fingerprint density at radius 1 is 1.30 bits per heavy atom. The lowest BCUT2D eigenvalue weighted by atomic mass is 9.95. The quantitative estimate of drug-likeness (QED) is 0.893. The molecule has 0 saturated carbocycles. The molecule has 0 bridgehead atoms. The molecule has 0 atom stereocenters. The fraction of sp³-hybridized carbons (Fsp3) is 0.571. The Morgan fingerprint density at radius 3 is 2.55 bits per heavy atom. The predicted octanol–water partition coefficient (Wildman–Crippen LogP) is 1.44. The van der Waals surface area contributed by atoms with Crippen LogP contribution >= 0.6 is 0 Å². The Bertz CT molecular complexity index is 537. The van der Waals surface area contributed by atoms with Gasteiger partial charge in [-0.2, -0.15) is 4.31 Å². The van der Waals surface area contributed by atoms with Crippen molar-refractivity contribution in [2.75, 3.05) is 26.7 Å². The van der Waals surface area contributed by atoms with Gasteiger partial charge in [0.15, 0.2) is 0 Å². The number of piperidine rings is 1. The Morgan fingerprint density at radius 2 is 1.95 bits per heavy atom. The molecule has 1 heterocycles. The molecule has 1 fully saturated rings. The minimum Gasteiger partial charge on any atom is -0.495 e. The van der Waals surface area contributed by atoms with Crippen LogP contribution in [0.5, 0.6) is 5.75 Å². The molecule has 1 aromatic rings. The first-order chi connectivity index (χ1) is 9.59. The van der Waals surface area contributed by atoms with E-state index in [0.717, 1.165) is 19.3 Å². The van der Waals surface area contributed by atoms with Crippen molar-refractivity contribution in [3.05, 3.63) is 24.3 Å². The number of sulfonamides is 1. The van der Waals surface area contributed by atoms with Gasteiger partial charge in [0.25, 0.3) is 0 Å². The molecule has 2 rings (SSSR count). The van der Waals surface area contributed by atoms with Crippen LogP contribution in [-0.4, -0.2) is 39.5 Å². The van der Waals surface area contributed by atoms with Gasteiger partial charge < -0.3 is 10.5 Å². The molecule has 1 aliphatic rings. The normalized spacial score (nSPS) is 18.1. The van der Waals surface area contributed by atoms with Crippen LogP contribution < -0.4 is 10.5 Å². The highest BCUT2D eigenvalue weighted by Crippen LogP contribution is 2.29. The van der Waals surface area contributed by atoms with Crippen LogP contribution in [0.3, 0.4) is 0 Å². The fourth-order valence-corrected chi connectivity index (χ4v) is 4.27. The third-order valence-corrected chi connectivity index (χ3v) is 5.77. The summed E-state index contributed by atoms with van der Waals surface area (Å²) in [6, 6.07) is 6.76. The maximum atomic E-state index is 12.7. The van der Waals surface area contributed by atoms with Gasteiger partial charge in [0.1, 0.15) is 10.6 Å². The highest BCUT2D eigenvalue weighted by atomic mass is 32.2. The van der Waals surface area contributed by atoms with E-state index in [2.05, 4.69) is 0 Å². The monoisotopic (exact) mass is 298 g/mol. The molecule has 2 N–H and O–H groups in total. The number of hydrogen-bond acceptors (Lipinski definition) is 4. The van der Waals surface area contributed by atoms with Gasteiger partial charge in [0, 0.05) is 13.1 Å². The van der Waals surface area contributed by atoms with Crippen LogP contribution in [0.1, 0.15) is 19.3 Å². The van der Waals surface area contributed by atoms with Crippen molar-refractivity contribution in [2.45, 2.75) is 24.2 Å². The zero-order valence-corrected chi connectivity index (χ0v) is 12.6. The molecule has 1 aliphatic heterocycles. The molecule has 1 aromatic carbocycles. The highest BCUT2D eigenvalue weighted by Gasteiger charge is 2.30. The number of nitrogens with zero attached hydrogens (tertiary/aromatic N) is 1. The van der Waals surface area contributed by atoms with Crippen molar-refractivity contribution >= 4 is 10.0 Å². The van der Waals surface area contributed by atoms with Gasteiger partial charge in [0.05, 0.1) is 7.11 Å². The maximum Gasteiger partial charge on any atom is 0.246 e. The van der Waals surface area contributed by atoms with E-state index in [-0.39, 0.29) is 4.90 Å². The van der Waals surface area contributed by atoms with Crippen molar-refractivity contribution in [3.8, 4) is 5.75 Å². The lowest BCUT2D eigenvalue weighted by Crippen LogP contribution is -2.38. The van der Waals surface area contributed by atoms with E-state index < -0.39 is 10.0 Å². The molecule has 5 nitrogen and oxygen atoms in total. The van der Waals surface area contributed by atoms with Crippen LogP contribution in [0.4, 0.5) is 0 Å². The van der Waals surface area contributed by atoms with Crippen LogP contribution in [0, 0.1) is 5.92 Å². The molecule has 112 valence electrons. The number of para-hydroxylation sites is 1. The van der Waals surface area contributed by atoms with E-state index in [1.807, 2.05) is 0 Å². The zero-order valence-electron chi connectivity index (χ0n) is 11.8. The van der Waals surface area contributed by atoms with Gasteiger partial charge in [-0.15, -0.1) is 0 Å². The van der Waals surface area contributed by atoms with Gasteiger partial charge in [-0.05, 0) is 43.9 Å². The third kappa shape index (κ3) is 3.13. The number of rotatable bonds is 5. The van der Waals surface area contributed by atoms with E-state index in [1.165, 1.54) is 7.11 Å². The summed E-state index contributed by atoms with van der Waals surface area (Å²) >= 11 is 0. The number of methoxy groups -OCH3 is 1. The summed E-state index contributed by atoms with van der Waals surface area (Å²) in [5.41, 5.74) is 5.56. The second-order valence-corrected chi connectivity index (χ2v) is 6.98. The molecule has 20 heavy (non-hydrogen) atoms. The van der Waals surface area contributed by atoms with Gasteiger partial charge >= 0.3 is 0 Å². The van der Waals surface area contributed by atoms with Gasteiger partial charge in [-0.25, -0.2) is 8.42 Å². The average molecular weight is 298 g/mol. The largest absolute Gasteiger partial charge is 0.495 e. The topological polar surface area (TPSA) is 72.6 Å². The molecular formula is C14H22N2O3S. The molecular weight excluding hydrogens is 276 g/mol. The van der Waals surface area contributed by atoms with Crippen molar-refractivity contribution in [1.29, 1.82) is 0 Å². The SMILES string of the molecule is COc1ccccc1S(=O)(=O)N1CCC(CCN)CC1. The Kier molecular flexibility index (Phi) is 5.01. The van der Waals surface area contributed by atoms with Crippen molar-refractivity contribution in [2.24, 2.45) is 11.7 Å². The molecule has 1 saturated heterocycles. The second kappa shape index (κ2) is 6.56. The first-order valence-corrected chi connectivity index (χ1v) is 8.37. The zero-order chi connectivity index (χ0) is 14.6. The van der Waals surface area contributed by atoms with Crippen LogP contribution in [0.2, 0.25) is 0 Å². The summed E-state index contributed by atoms with van der Waals surface area (Å²) in [6.07, 6.45) is 2.74. The molecule has 0 amide bonds. The van der Waals surface area contributed by atoms with Gasteiger partial charge in [-0.3, -0.25) is 0 Å². The fourth-order valence-electron chi connectivity index (χ4n) is 2.65. The second-order valence-electron chi connectivity index (χ2n) is 5.08. The first kappa shape index (κ1) is 15.3. The smallest absolute Gasteiger partial charge is 0.246 e. The number of ether oxygens (including phenoxy) is 1. The molecule has 0 unspecified atom stereocenters. The Balaban J connectivity index is 2.16. The minimum atomic E-state index is -3.47. The standard InChI is InChI=1S/C14H22N2O3S/c1-19-13-4-2-3-5-14(13)20(17,18)16-10-7-12(6-9-15)8-11-16/h2-5,12H,6-11,15H2,1H3. The van der Waals surface area contributed by atoms with Crippen LogP contribution in [0.15, 0.2) is 29.2 Å². The summed E-state index contributed by atoms with van der Waals surface area (Å²) in [4.78, 5) is 0.250. The number of benzene rings is 1. The van der Waals surface area contributed by atoms with Gasteiger partial charge in [0.2, 0.25) is 10.0 Å². The summed E-state index contributed by atoms with van der Waals surface area (Å²) in [7, 11) is -1.98. The van der Waals surface area contributed by atoms with Crippen LogP contribution in [-0.2, 0) is 10.0 Å². The number of nitrogens with two attached hydrogens (primary N) is 1. The van der Waals surface area contributed by atoms with Crippen molar-refractivity contribution < 1.29 is 13.2 Å². The van der Waals surface area contributed by atoms with E-state index in [4.69, 9.17) is 10.5 Å². The Hall–Kier alpha value is -1.11. The molecule has 0 aliphatic carbocycles. The predicted molar refractivity (Wildman–Crippen MR) is 78.1 cm³/mol.